The molecule has 0 aliphatic heterocycles. The molecule has 1 aliphatic rings. The molecule has 6 amide bonds. The second-order valence-corrected chi connectivity index (χ2v) is 14.2. The fourth-order valence-corrected chi connectivity index (χ4v) is 5.63. The monoisotopic (exact) mass is 752 g/mol. The fraction of sp³-hybridized carbons (Fsp3) is 0.500. The van der Waals surface area contributed by atoms with Gasteiger partial charge in [0.1, 0.15) is 42.4 Å². The van der Waals surface area contributed by atoms with Gasteiger partial charge in [-0.15, -0.1) is 0 Å². The lowest BCUT2D eigenvalue weighted by Crippen LogP contribution is -2.56. The number of carbonyl (C=O) groups excluding carboxylic acids is 6. The number of carboxylic acid groups (broad SMARTS) is 1. The maximum absolute atomic E-state index is 12.8. The van der Waals surface area contributed by atoms with E-state index in [1.807, 2.05) is 48.5 Å². The first kappa shape index (κ1) is 42.7. The van der Waals surface area contributed by atoms with Crippen molar-refractivity contribution in [3.8, 4) is 11.1 Å². The number of carboxylic acids is 1. The molecule has 16 heteroatoms. The van der Waals surface area contributed by atoms with Crippen molar-refractivity contribution in [2.45, 2.75) is 109 Å². The summed E-state index contributed by atoms with van der Waals surface area (Å²) in [6.45, 7) is 11.1. The maximum Gasteiger partial charge on any atom is 0.407 e. The molecule has 0 saturated carbocycles. The molecule has 2 aromatic carbocycles. The number of benzene rings is 2. The van der Waals surface area contributed by atoms with Gasteiger partial charge in [0.25, 0.3) is 0 Å². The van der Waals surface area contributed by atoms with Crippen LogP contribution < -0.4 is 31.9 Å². The van der Waals surface area contributed by atoms with Crippen LogP contribution in [-0.4, -0.2) is 95.9 Å². The number of nitrogens with one attached hydrogen (secondary N) is 6. The van der Waals surface area contributed by atoms with Crippen LogP contribution in [0.5, 0.6) is 0 Å². The highest BCUT2D eigenvalue weighted by atomic mass is 16.6. The molecule has 0 aromatic heterocycles. The van der Waals surface area contributed by atoms with Crippen LogP contribution in [0.4, 0.5) is 9.59 Å². The van der Waals surface area contributed by atoms with E-state index in [2.05, 4.69) is 31.9 Å². The molecule has 3 rings (SSSR count). The molecule has 54 heavy (non-hydrogen) atoms. The number of unbranched alkanes of at least 4 members (excludes halogenated alkanes) is 1. The lowest BCUT2D eigenvalue weighted by Gasteiger charge is -2.22. The molecular weight excluding hydrogens is 700 g/mol. The van der Waals surface area contributed by atoms with E-state index in [9.17, 15) is 38.7 Å². The van der Waals surface area contributed by atoms with Crippen LogP contribution >= 0.6 is 0 Å². The molecule has 0 unspecified atom stereocenters. The lowest BCUT2D eigenvalue weighted by atomic mass is 9.98. The van der Waals surface area contributed by atoms with E-state index in [0.29, 0.717) is 12.8 Å². The molecule has 2 aromatic rings. The molecule has 0 saturated heterocycles. The molecule has 0 radical (unpaired) electrons. The van der Waals surface area contributed by atoms with Crippen LogP contribution in [0, 0.1) is 0 Å². The molecular formula is C38H52N6O10. The number of hydrogen-bond donors (Lipinski definition) is 7. The van der Waals surface area contributed by atoms with Crippen molar-refractivity contribution in [3.05, 3.63) is 59.7 Å². The summed E-state index contributed by atoms with van der Waals surface area (Å²) < 4.78 is 10.6. The zero-order valence-electron chi connectivity index (χ0n) is 31.7. The molecule has 0 spiro atoms. The van der Waals surface area contributed by atoms with Gasteiger partial charge in [-0.25, -0.2) is 14.4 Å². The zero-order valence-corrected chi connectivity index (χ0v) is 31.7. The van der Waals surface area contributed by atoms with E-state index in [4.69, 9.17) is 9.47 Å². The van der Waals surface area contributed by atoms with Gasteiger partial charge in [0.05, 0.1) is 0 Å². The van der Waals surface area contributed by atoms with Crippen molar-refractivity contribution in [2.75, 3.05) is 13.2 Å². The van der Waals surface area contributed by atoms with E-state index in [1.165, 1.54) is 27.7 Å². The highest BCUT2D eigenvalue weighted by Gasteiger charge is 2.30. The van der Waals surface area contributed by atoms with Crippen molar-refractivity contribution >= 4 is 41.8 Å². The summed E-state index contributed by atoms with van der Waals surface area (Å²) in [4.78, 5) is 87.1. The summed E-state index contributed by atoms with van der Waals surface area (Å²) in [5, 5.41) is 24.4. The third-order valence-corrected chi connectivity index (χ3v) is 8.53. The van der Waals surface area contributed by atoms with Crippen LogP contribution in [0.15, 0.2) is 48.5 Å². The van der Waals surface area contributed by atoms with Crippen LogP contribution in [-0.2, 0) is 33.4 Å². The van der Waals surface area contributed by atoms with Crippen molar-refractivity contribution in [1.82, 2.24) is 31.9 Å². The predicted octanol–water partition coefficient (Wildman–Crippen LogP) is 2.69. The smallest absolute Gasteiger partial charge is 0.407 e. The molecule has 294 valence electrons. The number of aliphatic carboxylic acids is 1. The SMILES string of the molecule is C[C@H](NC(=O)OCC1c2ccccc2-c2ccccc21)C(=O)N[C@@H](C)C(=O)N[C@@H](C)C(=O)N[C@@H](C)C(=O)N[C@@H](CCCCNC(=O)OC(C)(C)C)C(=O)O. The number of alkyl carbamates (subject to hydrolysis) is 2. The summed E-state index contributed by atoms with van der Waals surface area (Å²) in [5.41, 5.74) is 3.59. The van der Waals surface area contributed by atoms with Gasteiger partial charge < -0.3 is 46.5 Å². The fourth-order valence-electron chi connectivity index (χ4n) is 5.63. The quantitative estimate of drug-likeness (QED) is 0.117. The predicted molar refractivity (Wildman–Crippen MR) is 198 cm³/mol. The first-order valence-corrected chi connectivity index (χ1v) is 17.9. The van der Waals surface area contributed by atoms with Gasteiger partial charge in [0.15, 0.2) is 0 Å². The minimum Gasteiger partial charge on any atom is -0.480 e. The Labute approximate surface area is 314 Å². The molecule has 0 fully saturated rings. The second kappa shape index (κ2) is 19.4. The number of hydrogen-bond acceptors (Lipinski definition) is 9. The Morgan fingerprint density at radius 2 is 1.09 bits per heavy atom. The zero-order chi connectivity index (χ0) is 40.2. The maximum atomic E-state index is 12.8. The van der Waals surface area contributed by atoms with E-state index in [1.54, 1.807) is 20.8 Å². The molecule has 16 nitrogen and oxygen atoms in total. The highest BCUT2D eigenvalue weighted by Crippen LogP contribution is 2.44. The first-order chi connectivity index (χ1) is 25.4. The Hall–Kier alpha value is -5.67. The normalized spacial score (nSPS) is 14.7. The standard InChI is InChI=1S/C38H52N6O10/c1-21(32(46)42-23(3)34(48)44-30(35(49)50)18-12-13-19-39-36(51)54-38(5,6)7)40-31(45)22(2)41-33(47)24(4)43-37(52)53-20-29-27-16-10-8-14-25(27)26-15-9-11-17-28(26)29/h8-11,14-17,21-24,29-30H,12-13,18-20H2,1-7H3,(H,39,51)(H,40,45)(H,41,47)(H,42,46)(H,43,52)(H,44,48)(H,49,50)/t21-,22-,23-,24-,30-/m0/s1. The van der Waals surface area contributed by atoms with Crippen LogP contribution in [0.1, 0.15) is 84.8 Å². The molecule has 7 N–H and O–H groups in total. The molecule has 0 heterocycles. The Morgan fingerprint density at radius 3 is 1.56 bits per heavy atom. The Balaban J connectivity index is 1.38. The average molecular weight is 753 g/mol. The summed E-state index contributed by atoms with van der Waals surface area (Å²) in [6.07, 6.45) is -0.504. The summed E-state index contributed by atoms with van der Waals surface area (Å²) >= 11 is 0. The van der Waals surface area contributed by atoms with Gasteiger partial charge in [-0.3, -0.25) is 19.2 Å². The summed E-state index contributed by atoms with van der Waals surface area (Å²) in [7, 11) is 0. The molecule has 5 atom stereocenters. The largest absolute Gasteiger partial charge is 0.480 e. The van der Waals surface area contributed by atoms with Crippen molar-refractivity contribution in [3.63, 3.8) is 0 Å². The van der Waals surface area contributed by atoms with E-state index < -0.39 is 77.6 Å². The third-order valence-electron chi connectivity index (χ3n) is 8.53. The number of ether oxygens (including phenoxy) is 2. The third kappa shape index (κ3) is 12.8. The van der Waals surface area contributed by atoms with Gasteiger partial charge in [-0.05, 0) is 90.0 Å². The molecule has 0 bridgehead atoms. The van der Waals surface area contributed by atoms with Crippen LogP contribution in [0.3, 0.4) is 0 Å². The van der Waals surface area contributed by atoms with Crippen molar-refractivity contribution < 1.29 is 48.1 Å². The topological polar surface area (TPSA) is 230 Å². The summed E-state index contributed by atoms with van der Waals surface area (Å²) in [6, 6.07) is 10.1. The lowest BCUT2D eigenvalue weighted by molar-refractivity contribution is -0.142. The van der Waals surface area contributed by atoms with Crippen molar-refractivity contribution in [2.24, 2.45) is 0 Å². The van der Waals surface area contributed by atoms with Gasteiger partial charge in [-0.2, -0.15) is 0 Å². The van der Waals surface area contributed by atoms with Gasteiger partial charge in [-0.1, -0.05) is 48.5 Å². The van der Waals surface area contributed by atoms with E-state index in [-0.39, 0.29) is 25.5 Å². The highest BCUT2D eigenvalue weighted by molar-refractivity contribution is 5.95. The number of fused-ring (bicyclic) bond motifs is 3. The Bertz CT molecular complexity index is 1650. The van der Waals surface area contributed by atoms with Crippen LogP contribution in [0.2, 0.25) is 0 Å². The average Bonchev–Trinajstić information content (AvgIpc) is 3.42. The summed E-state index contributed by atoms with van der Waals surface area (Å²) in [5.74, 6) is -4.27. The Kier molecular flexibility index (Phi) is 15.4. The van der Waals surface area contributed by atoms with Gasteiger partial charge in [0, 0.05) is 12.5 Å². The van der Waals surface area contributed by atoms with Gasteiger partial charge in [0.2, 0.25) is 23.6 Å². The second-order valence-electron chi connectivity index (χ2n) is 14.2. The molecule has 1 aliphatic carbocycles. The number of amides is 6. The minimum atomic E-state index is -1.26. The number of rotatable bonds is 17. The van der Waals surface area contributed by atoms with Crippen LogP contribution in [0.25, 0.3) is 11.1 Å². The first-order valence-electron chi connectivity index (χ1n) is 17.9. The Morgan fingerprint density at radius 1 is 0.648 bits per heavy atom. The minimum absolute atomic E-state index is 0.0595. The van der Waals surface area contributed by atoms with E-state index >= 15 is 0 Å². The van der Waals surface area contributed by atoms with Crippen molar-refractivity contribution in [1.29, 1.82) is 0 Å². The van der Waals surface area contributed by atoms with E-state index in [0.717, 1.165) is 22.3 Å². The number of carbonyl (C=O) groups is 7. The van der Waals surface area contributed by atoms with Gasteiger partial charge >= 0.3 is 18.2 Å².